The molecule has 1 amide bonds. The van der Waals surface area contributed by atoms with E-state index in [1.54, 1.807) is 36.4 Å². The number of hydrogen-bond donors (Lipinski definition) is 2. The van der Waals surface area contributed by atoms with Gasteiger partial charge >= 0.3 is 11.7 Å². The number of ether oxygens (including phenoxy) is 1. The molecule has 0 aliphatic heterocycles. The quantitative estimate of drug-likeness (QED) is 0.336. The van der Waals surface area contributed by atoms with Crippen LogP contribution in [0, 0.1) is 16.0 Å². The molecule has 3 rings (SSSR count). The molecule has 8 nitrogen and oxygen atoms in total. The Balaban J connectivity index is 1.64. The van der Waals surface area contributed by atoms with Crippen LogP contribution < -0.4 is 10.1 Å². The van der Waals surface area contributed by atoms with Crippen LogP contribution in [0.1, 0.15) is 44.1 Å². The minimum atomic E-state index is -1.23. The van der Waals surface area contributed by atoms with Crippen molar-refractivity contribution in [1.82, 2.24) is 5.32 Å². The van der Waals surface area contributed by atoms with Crippen molar-refractivity contribution in [2.75, 3.05) is 0 Å². The summed E-state index contributed by atoms with van der Waals surface area (Å²) in [6.45, 7) is 0. The fourth-order valence-electron chi connectivity index (χ4n) is 3.62. The number of amides is 1. The molecule has 8 heteroatoms. The molecule has 1 fully saturated rings. The highest BCUT2D eigenvalue weighted by molar-refractivity contribution is 5.96. The predicted molar refractivity (Wildman–Crippen MR) is 115 cm³/mol. The molecule has 0 radical (unpaired) electrons. The zero-order chi connectivity index (χ0) is 22.2. The molecule has 0 aromatic heterocycles. The molecule has 162 valence electrons. The molecular formula is C23H24N2O6. The number of nitrogens with one attached hydrogen (secondary N) is 1. The molecule has 1 aliphatic carbocycles. The molecule has 0 unspecified atom stereocenters. The second-order valence-corrected chi connectivity index (χ2v) is 7.50. The van der Waals surface area contributed by atoms with Gasteiger partial charge in [0.1, 0.15) is 11.4 Å². The van der Waals surface area contributed by atoms with Crippen molar-refractivity contribution in [2.24, 2.45) is 5.92 Å². The molecular weight excluding hydrogens is 400 g/mol. The Morgan fingerprint density at radius 3 is 2.45 bits per heavy atom. The molecule has 2 aromatic carbocycles. The zero-order valence-electron chi connectivity index (χ0n) is 17.0. The molecule has 1 aliphatic rings. The smallest absolute Gasteiger partial charge is 0.352 e. The fraction of sp³-hybridized carbons (Fsp3) is 0.304. The van der Waals surface area contributed by atoms with Crippen molar-refractivity contribution >= 4 is 23.6 Å². The molecule has 0 saturated heterocycles. The summed E-state index contributed by atoms with van der Waals surface area (Å²) in [7, 11) is 0. The van der Waals surface area contributed by atoms with Crippen LogP contribution in [-0.2, 0) is 9.59 Å². The fourth-order valence-corrected chi connectivity index (χ4v) is 3.62. The van der Waals surface area contributed by atoms with E-state index in [0.29, 0.717) is 23.7 Å². The van der Waals surface area contributed by atoms with E-state index in [-0.39, 0.29) is 23.0 Å². The van der Waals surface area contributed by atoms with Crippen molar-refractivity contribution in [2.45, 2.75) is 38.5 Å². The van der Waals surface area contributed by atoms with Gasteiger partial charge in [0, 0.05) is 12.5 Å². The number of benzene rings is 2. The maximum atomic E-state index is 12.2. The molecule has 0 heterocycles. The number of nitro groups is 1. The number of carboxylic acid groups (broad SMARTS) is 1. The van der Waals surface area contributed by atoms with Gasteiger partial charge in [0.05, 0.1) is 4.92 Å². The van der Waals surface area contributed by atoms with Crippen molar-refractivity contribution in [1.29, 1.82) is 0 Å². The third-order valence-corrected chi connectivity index (χ3v) is 5.24. The number of aliphatic carboxylic acids is 1. The van der Waals surface area contributed by atoms with Gasteiger partial charge in [0.15, 0.2) is 0 Å². The van der Waals surface area contributed by atoms with Crippen LogP contribution in [0.25, 0.3) is 6.08 Å². The van der Waals surface area contributed by atoms with Gasteiger partial charge in [-0.3, -0.25) is 14.9 Å². The zero-order valence-corrected chi connectivity index (χ0v) is 17.0. The molecule has 2 aromatic rings. The van der Waals surface area contributed by atoms with E-state index in [1.165, 1.54) is 31.1 Å². The van der Waals surface area contributed by atoms with Crippen molar-refractivity contribution in [3.8, 4) is 11.5 Å². The molecule has 31 heavy (non-hydrogen) atoms. The van der Waals surface area contributed by atoms with Crippen LogP contribution in [0.3, 0.4) is 0 Å². The number of carbonyl (C=O) groups excluding carboxylic acids is 1. The average molecular weight is 424 g/mol. The number of hydrogen-bond acceptors (Lipinski definition) is 5. The molecule has 0 spiro atoms. The van der Waals surface area contributed by atoms with Crippen LogP contribution in [-0.4, -0.2) is 21.9 Å². The first kappa shape index (κ1) is 22.0. The number of para-hydroxylation sites is 2. The highest BCUT2D eigenvalue weighted by Crippen LogP contribution is 2.31. The van der Waals surface area contributed by atoms with Gasteiger partial charge in [-0.05, 0) is 42.2 Å². The van der Waals surface area contributed by atoms with Gasteiger partial charge in [0.25, 0.3) is 0 Å². The third-order valence-electron chi connectivity index (χ3n) is 5.24. The van der Waals surface area contributed by atoms with Crippen molar-refractivity contribution in [3.05, 3.63) is 69.9 Å². The Bertz CT molecular complexity index is 978. The minimum absolute atomic E-state index is 0.108. The SMILES string of the molecule is O=C(CCC1CCCC1)N/C(=C/c1ccc(Oc2ccccc2[N+](=O)[O-])cc1)C(=O)O. The van der Waals surface area contributed by atoms with Crippen LogP contribution in [0.4, 0.5) is 5.69 Å². The second kappa shape index (κ2) is 10.4. The Morgan fingerprint density at radius 2 is 1.81 bits per heavy atom. The summed E-state index contributed by atoms with van der Waals surface area (Å²) in [6.07, 6.45) is 7.11. The second-order valence-electron chi connectivity index (χ2n) is 7.50. The first-order valence-electron chi connectivity index (χ1n) is 10.2. The van der Waals surface area contributed by atoms with E-state index in [4.69, 9.17) is 4.74 Å². The van der Waals surface area contributed by atoms with E-state index in [1.807, 2.05) is 0 Å². The Kier molecular flexibility index (Phi) is 7.37. The molecule has 2 N–H and O–H groups in total. The summed E-state index contributed by atoms with van der Waals surface area (Å²) < 4.78 is 5.58. The van der Waals surface area contributed by atoms with Gasteiger partial charge in [-0.2, -0.15) is 0 Å². The van der Waals surface area contributed by atoms with Gasteiger partial charge in [-0.15, -0.1) is 0 Å². The lowest BCUT2D eigenvalue weighted by molar-refractivity contribution is -0.385. The summed E-state index contributed by atoms with van der Waals surface area (Å²) in [4.78, 5) is 34.3. The van der Waals surface area contributed by atoms with E-state index in [0.717, 1.165) is 19.3 Å². The number of carbonyl (C=O) groups is 2. The highest BCUT2D eigenvalue weighted by Gasteiger charge is 2.18. The normalized spacial score (nSPS) is 14.3. The van der Waals surface area contributed by atoms with Gasteiger partial charge in [-0.1, -0.05) is 49.9 Å². The highest BCUT2D eigenvalue weighted by atomic mass is 16.6. The average Bonchev–Trinajstić information content (AvgIpc) is 3.27. The monoisotopic (exact) mass is 424 g/mol. The topological polar surface area (TPSA) is 119 Å². The van der Waals surface area contributed by atoms with Gasteiger partial charge in [0.2, 0.25) is 11.7 Å². The first-order chi connectivity index (χ1) is 14.9. The lowest BCUT2D eigenvalue weighted by atomic mass is 10.0. The third kappa shape index (κ3) is 6.40. The predicted octanol–water partition coefficient (Wildman–Crippen LogP) is 4.90. The molecule has 0 atom stereocenters. The summed E-state index contributed by atoms with van der Waals surface area (Å²) in [5, 5.41) is 23.0. The van der Waals surface area contributed by atoms with E-state index in [9.17, 15) is 24.8 Å². The van der Waals surface area contributed by atoms with Crippen LogP contribution in [0.15, 0.2) is 54.2 Å². The van der Waals surface area contributed by atoms with Crippen molar-refractivity contribution in [3.63, 3.8) is 0 Å². The standard InChI is InChI=1S/C23H24N2O6/c26-22(14-11-16-5-1-2-6-16)24-19(23(27)28)15-17-9-12-18(13-10-17)31-21-8-4-3-7-20(21)25(29)30/h3-4,7-10,12-13,15-16H,1-2,5-6,11,14H2,(H,24,26)(H,27,28)/b19-15+. The summed E-state index contributed by atoms with van der Waals surface area (Å²) in [5.74, 6) is -0.511. The minimum Gasteiger partial charge on any atom is -0.477 e. The Labute approximate surface area is 179 Å². The maximum Gasteiger partial charge on any atom is 0.352 e. The number of carboxylic acids is 1. The lowest BCUT2D eigenvalue weighted by Gasteiger charge is -2.10. The lowest BCUT2D eigenvalue weighted by Crippen LogP contribution is -2.27. The van der Waals surface area contributed by atoms with Crippen LogP contribution >= 0.6 is 0 Å². The first-order valence-corrected chi connectivity index (χ1v) is 10.2. The summed E-state index contributed by atoms with van der Waals surface area (Å²) in [5.41, 5.74) is 0.187. The van der Waals surface area contributed by atoms with E-state index in [2.05, 4.69) is 5.32 Å². The Morgan fingerprint density at radius 1 is 1.13 bits per heavy atom. The van der Waals surface area contributed by atoms with Crippen LogP contribution in [0.2, 0.25) is 0 Å². The summed E-state index contributed by atoms with van der Waals surface area (Å²) >= 11 is 0. The van der Waals surface area contributed by atoms with E-state index >= 15 is 0 Å². The Hall–Kier alpha value is -3.68. The van der Waals surface area contributed by atoms with Crippen molar-refractivity contribution < 1.29 is 24.4 Å². The van der Waals surface area contributed by atoms with Gasteiger partial charge in [-0.25, -0.2) is 4.79 Å². The number of nitrogens with zero attached hydrogens (tertiary/aromatic N) is 1. The van der Waals surface area contributed by atoms with Crippen LogP contribution in [0.5, 0.6) is 11.5 Å². The van der Waals surface area contributed by atoms with E-state index < -0.39 is 10.9 Å². The number of nitro benzene ring substituents is 1. The summed E-state index contributed by atoms with van der Waals surface area (Å²) in [6, 6.07) is 12.4. The number of rotatable bonds is 9. The molecule has 0 bridgehead atoms. The van der Waals surface area contributed by atoms with Gasteiger partial charge < -0.3 is 15.2 Å². The maximum absolute atomic E-state index is 12.2. The largest absolute Gasteiger partial charge is 0.477 e. The molecule has 1 saturated carbocycles.